The van der Waals surface area contributed by atoms with Gasteiger partial charge in [0.15, 0.2) is 5.69 Å². The predicted molar refractivity (Wildman–Crippen MR) is 58.3 cm³/mol. The summed E-state index contributed by atoms with van der Waals surface area (Å²) in [7, 11) is 2.08. The molecule has 1 aromatic rings. The number of carbonyl (C=O) groups is 1. The number of carboxylic acid groups (broad SMARTS) is 1. The van der Waals surface area contributed by atoms with Crippen LogP contribution in [-0.4, -0.2) is 46.1 Å². The number of nitrogens with zero attached hydrogens (tertiary/aromatic N) is 3. The molecule has 0 bridgehead atoms. The van der Waals surface area contributed by atoms with E-state index in [4.69, 9.17) is 5.11 Å². The molecular weight excluding hydrogens is 206 g/mol. The van der Waals surface area contributed by atoms with Gasteiger partial charge in [0, 0.05) is 18.9 Å². The number of aromatic nitrogens is 2. The molecule has 1 aliphatic rings. The molecule has 2 heterocycles. The molecule has 5 nitrogen and oxygen atoms in total. The second-order valence-electron chi connectivity index (χ2n) is 4.28. The monoisotopic (exact) mass is 221 g/mol. The van der Waals surface area contributed by atoms with Crippen molar-refractivity contribution in [3.05, 3.63) is 23.8 Å². The first-order chi connectivity index (χ1) is 7.66. The fourth-order valence-corrected chi connectivity index (χ4v) is 2.16. The van der Waals surface area contributed by atoms with E-state index in [0.717, 1.165) is 19.5 Å². The van der Waals surface area contributed by atoms with Gasteiger partial charge in [-0.1, -0.05) is 0 Å². The minimum atomic E-state index is -0.991. The summed E-state index contributed by atoms with van der Waals surface area (Å²) in [6, 6.07) is 0. The van der Waals surface area contributed by atoms with Crippen LogP contribution in [0.1, 0.15) is 22.6 Å². The highest BCUT2D eigenvalue weighted by molar-refractivity contribution is 5.86. The number of hydrogen-bond donors (Lipinski definition) is 1. The first kappa shape index (κ1) is 11.0. The van der Waals surface area contributed by atoms with Crippen LogP contribution < -0.4 is 0 Å². The summed E-state index contributed by atoms with van der Waals surface area (Å²) in [5, 5.41) is 8.98. The van der Waals surface area contributed by atoms with Crippen LogP contribution in [0.15, 0.2) is 12.4 Å². The number of rotatable bonds is 3. The van der Waals surface area contributed by atoms with Gasteiger partial charge >= 0.3 is 5.97 Å². The van der Waals surface area contributed by atoms with Gasteiger partial charge in [0.25, 0.3) is 0 Å². The first-order valence-corrected chi connectivity index (χ1v) is 5.38. The zero-order valence-corrected chi connectivity index (χ0v) is 9.26. The van der Waals surface area contributed by atoms with Crippen LogP contribution in [0.5, 0.6) is 0 Å². The Bertz CT molecular complexity index is 395. The second kappa shape index (κ2) is 4.57. The molecule has 16 heavy (non-hydrogen) atoms. The molecule has 5 heteroatoms. The Morgan fingerprint density at radius 1 is 1.56 bits per heavy atom. The summed E-state index contributed by atoms with van der Waals surface area (Å²) in [4.78, 5) is 21.2. The topological polar surface area (TPSA) is 66.3 Å². The summed E-state index contributed by atoms with van der Waals surface area (Å²) < 4.78 is 0. The quantitative estimate of drug-likeness (QED) is 0.812. The molecule has 86 valence electrons. The van der Waals surface area contributed by atoms with Gasteiger partial charge in [-0.25, -0.2) is 9.78 Å². The third kappa shape index (κ3) is 2.36. The molecule has 0 spiro atoms. The smallest absolute Gasteiger partial charge is 0.356 e. The highest BCUT2D eigenvalue weighted by Gasteiger charge is 2.23. The minimum Gasteiger partial charge on any atom is -0.476 e. The van der Waals surface area contributed by atoms with Crippen molar-refractivity contribution < 1.29 is 9.90 Å². The summed E-state index contributed by atoms with van der Waals surface area (Å²) >= 11 is 0. The molecule has 1 N–H and O–H groups in total. The lowest BCUT2D eigenvalue weighted by Gasteiger charge is -2.10. The van der Waals surface area contributed by atoms with Gasteiger partial charge in [-0.3, -0.25) is 4.98 Å². The van der Waals surface area contributed by atoms with Crippen molar-refractivity contribution >= 4 is 5.97 Å². The van der Waals surface area contributed by atoms with Crippen molar-refractivity contribution in [3.8, 4) is 0 Å². The van der Waals surface area contributed by atoms with Crippen LogP contribution in [0.4, 0.5) is 0 Å². The lowest BCUT2D eigenvalue weighted by atomic mass is 10.0. The molecule has 0 radical (unpaired) electrons. The van der Waals surface area contributed by atoms with Crippen LogP contribution in [0.2, 0.25) is 0 Å². The van der Waals surface area contributed by atoms with Gasteiger partial charge in [-0.05, 0) is 32.4 Å². The third-order valence-corrected chi connectivity index (χ3v) is 2.95. The molecule has 2 rings (SSSR count). The molecule has 1 aliphatic heterocycles. The Hall–Kier alpha value is -1.49. The Morgan fingerprint density at radius 2 is 2.31 bits per heavy atom. The van der Waals surface area contributed by atoms with Gasteiger partial charge in [-0.2, -0.15) is 0 Å². The zero-order valence-electron chi connectivity index (χ0n) is 9.26. The number of hydrogen-bond acceptors (Lipinski definition) is 4. The molecule has 0 amide bonds. The van der Waals surface area contributed by atoms with Crippen molar-refractivity contribution in [2.24, 2.45) is 5.92 Å². The highest BCUT2D eigenvalue weighted by atomic mass is 16.4. The summed E-state index contributed by atoms with van der Waals surface area (Å²) in [5.74, 6) is -0.491. The summed E-state index contributed by atoms with van der Waals surface area (Å²) in [6.07, 6.45) is 4.79. The van der Waals surface area contributed by atoms with Crippen molar-refractivity contribution in [1.82, 2.24) is 14.9 Å². The summed E-state index contributed by atoms with van der Waals surface area (Å²) in [5.41, 5.74) is 0.701. The maximum Gasteiger partial charge on any atom is 0.356 e. The SMILES string of the molecule is CN1CC[C@@H](Cc2nccnc2C(=O)O)C1. The Balaban J connectivity index is 2.12. The largest absolute Gasteiger partial charge is 0.476 e. The van der Waals surface area contributed by atoms with Gasteiger partial charge in [0.05, 0.1) is 5.69 Å². The zero-order chi connectivity index (χ0) is 11.5. The van der Waals surface area contributed by atoms with Gasteiger partial charge < -0.3 is 10.0 Å². The van der Waals surface area contributed by atoms with Crippen LogP contribution in [0, 0.1) is 5.92 Å². The fraction of sp³-hybridized carbons (Fsp3) is 0.545. The predicted octanol–water partition coefficient (Wildman–Crippen LogP) is 0.669. The average Bonchev–Trinajstić information content (AvgIpc) is 2.64. The van der Waals surface area contributed by atoms with Gasteiger partial charge in [-0.15, -0.1) is 0 Å². The molecule has 0 unspecified atom stereocenters. The van der Waals surface area contributed by atoms with Crippen LogP contribution in [0.3, 0.4) is 0 Å². The van der Waals surface area contributed by atoms with Crippen LogP contribution >= 0.6 is 0 Å². The van der Waals surface area contributed by atoms with Crippen molar-refractivity contribution in [2.75, 3.05) is 20.1 Å². The van der Waals surface area contributed by atoms with E-state index in [1.807, 2.05) is 0 Å². The Morgan fingerprint density at radius 3 is 2.94 bits per heavy atom. The van der Waals surface area contributed by atoms with Crippen molar-refractivity contribution in [1.29, 1.82) is 0 Å². The van der Waals surface area contributed by atoms with Gasteiger partial charge in [0.2, 0.25) is 0 Å². The van der Waals surface area contributed by atoms with Crippen LogP contribution in [-0.2, 0) is 6.42 Å². The standard InChI is InChI=1S/C11H15N3O2/c1-14-5-2-8(7-14)6-9-10(11(15)16)13-4-3-12-9/h3-4,8H,2,5-7H2,1H3,(H,15,16)/t8-/m0/s1. The number of carboxylic acids is 1. The van der Waals surface area contributed by atoms with E-state index in [0.29, 0.717) is 18.0 Å². The molecule has 1 aromatic heterocycles. The lowest BCUT2D eigenvalue weighted by molar-refractivity contribution is 0.0688. The van der Waals surface area contributed by atoms with E-state index in [2.05, 4.69) is 21.9 Å². The number of aromatic carboxylic acids is 1. The number of likely N-dealkylation sites (tertiary alicyclic amines) is 1. The van der Waals surface area contributed by atoms with Crippen molar-refractivity contribution in [3.63, 3.8) is 0 Å². The minimum absolute atomic E-state index is 0.0945. The maximum absolute atomic E-state index is 10.9. The van der Waals surface area contributed by atoms with E-state index in [1.54, 1.807) is 6.20 Å². The van der Waals surface area contributed by atoms with E-state index in [1.165, 1.54) is 6.20 Å². The lowest BCUT2D eigenvalue weighted by Crippen LogP contribution is -2.17. The fourth-order valence-electron chi connectivity index (χ4n) is 2.16. The Kier molecular flexibility index (Phi) is 3.14. The molecule has 0 aliphatic carbocycles. The van der Waals surface area contributed by atoms with E-state index < -0.39 is 5.97 Å². The molecule has 0 aromatic carbocycles. The third-order valence-electron chi connectivity index (χ3n) is 2.95. The molecule has 1 atom stereocenters. The van der Waals surface area contributed by atoms with E-state index in [-0.39, 0.29) is 5.69 Å². The van der Waals surface area contributed by atoms with Crippen molar-refractivity contribution in [2.45, 2.75) is 12.8 Å². The Labute approximate surface area is 94.1 Å². The molecule has 1 saturated heterocycles. The van der Waals surface area contributed by atoms with E-state index in [9.17, 15) is 4.79 Å². The van der Waals surface area contributed by atoms with Crippen LogP contribution in [0.25, 0.3) is 0 Å². The average molecular weight is 221 g/mol. The molecular formula is C11H15N3O2. The van der Waals surface area contributed by atoms with Gasteiger partial charge in [0.1, 0.15) is 0 Å². The highest BCUT2D eigenvalue weighted by Crippen LogP contribution is 2.19. The molecule has 1 fully saturated rings. The molecule has 0 saturated carbocycles. The normalized spacial score (nSPS) is 21.2. The first-order valence-electron chi connectivity index (χ1n) is 5.38. The second-order valence-corrected chi connectivity index (χ2v) is 4.28. The maximum atomic E-state index is 10.9. The van der Waals surface area contributed by atoms with E-state index >= 15 is 0 Å². The summed E-state index contributed by atoms with van der Waals surface area (Å²) in [6.45, 7) is 2.09.